The van der Waals surface area contributed by atoms with Gasteiger partial charge >= 0.3 is 12.1 Å². The van der Waals surface area contributed by atoms with E-state index in [-0.39, 0.29) is 17.6 Å². The fourth-order valence-electron chi connectivity index (χ4n) is 5.66. The summed E-state index contributed by atoms with van der Waals surface area (Å²) in [6.07, 6.45) is 0.164. The molecular weight excluding hydrogens is 725 g/mol. The van der Waals surface area contributed by atoms with Crippen LogP contribution in [0.15, 0.2) is 109 Å². The van der Waals surface area contributed by atoms with Gasteiger partial charge < -0.3 is 23.7 Å². The second-order valence-corrected chi connectivity index (χ2v) is 15.7. The van der Waals surface area contributed by atoms with Crippen LogP contribution in [0.2, 0.25) is 0 Å². The molecule has 0 unspecified atom stereocenters. The molecule has 0 saturated carbocycles. The second-order valence-electron chi connectivity index (χ2n) is 15.7. The van der Waals surface area contributed by atoms with E-state index in [4.69, 9.17) is 4.74 Å². The lowest BCUT2D eigenvalue weighted by molar-refractivity contribution is -0.151. The highest BCUT2D eigenvalue weighted by atomic mass is 16.8. The first-order chi connectivity index (χ1) is 27.3. The van der Waals surface area contributed by atoms with Crippen LogP contribution in [0.5, 0.6) is 5.75 Å². The highest BCUT2D eigenvalue weighted by Gasteiger charge is 2.26. The quantitative estimate of drug-likeness (QED) is 0.109. The largest absolute Gasteiger partial charge is 0.513 e. The van der Waals surface area contributed by atoms with Crippen molar-refractivity contribution in [2.24, 2.45) is 0 Å². The predicted molar refractivity (Wildman–Crippen MR) is 238 cm³/mol. The van der Waals surface area contributed by atoms with Crippen molar-refractivity contribution in [2.45, 2.75) is 100 Å². The van der Waals surface area contributed by atoms with Crippen molar-refractivity contribution in [1.82, 2.24) is 0 Å². The van der Waals surface area contributed by atoms with Crippen LogP contribution >= 0.6 is 0 Å². The molecule has 7 heteroatoms. The molecule has 0 aliphatic rings. The molecule has 5 rings (SSSR count). The summed E-state index contributed by atoms with van der Waals surface area (Å²) >= 11 is 0. The summed E-state index contributed by atoms with van der Waals surface area (Å²) < 4.78 is 22.3. The van der Waals surface area contributed by atoms with Gasteiger partial charge in [0.1, 0.15) is 5.75 Å². The maximum atomic E-state index is 10.5. The third-order valence-electron chi connectivity index (χ3n) is 10.1. The zero-order valence-corrected chi connectivity index (χ0v) is 37.4. The minimum Gasteiger partial charge on any atom is -0.497 e. The molecule has 5 aromatic carbocycles. The molecule has 5 aromatic rings. The Morgan fingerprint density at radius 1 is 0.517 bits per heavy atom. The molecule has 0 bridgehead atoms. The molecule has 0 aliphatic carbocycles. The van der Waals surface area contributed by atoms with E-state index in [0.29, 0.717) is 0 Å². The van der Waals surface area contributed by atoms with E-state index in [0.717, 1.165) is 12.2 Å². The van der Waals surface area contributed by atoms with Gasteiger partial charge in [0.25, 0.3) is 0 Å². The number of aryl methyl sites for hydroxylation is 6. The Morgan fingerprint density at radius 2 is 0.931 bits per heavy atom. The summed E-state index contributed by atoms with van der Waals surface area (Å²) in [5.74, 6) is 0.387. The number of hydrogen-bond acceptors (Lipinski definition) is 7. The van der Waals surface area contributed by atoms with Crippen LogP contribution in [-0.4, -0.2) is 39.9 Å². The van der Waals surface area contributed by atoms with Gasteiger partial charge in [-0.15, -0.1) is 0 Å². The first-order valence-corrected chi connectivity index (χ1v) is 19.7. The van der Waals surface area contributed by atoms with E-state index in [2.05, 4.69) is 192 Å². The number of methoxy groups -OCH3 is 2. The van der Waals surface area contributed by atoms with Gasteiger partial charge in [-0.05, 0) is 116 Å². The first kappa shape index (κ1) is 48.7. The van der Waals surface area contributed by atoms with Crippen LogP contribution in [-0.2, 0) is 34.6 Å². The summed E-state index contributed by atoms with van der Waals surface area (Å²) in [5, 5.41) is 0. The Bertz CT molecular complexity index is 1890. The summed E-state index contributed by atoms with van der Waals surface area (Å²) in [6, 6.07) is 39.4. The Morgan fingerprint density at radius 3 is 1.28 bits per heavy atom. The number of benzene rings is 5. The molecule has 0 aromatic heterocycles. The SMILES string of the molecule is CCC(C)(c1ccc(C)cc1)c1ccc(C)cc1.COCOC(=O)OCOC(C)=O.COc1ccc(C(C)(C)C)cc1.Cc1ccc(-c2ccc(C)c(C)c2)cc1C. The summed E-state index contributed by atoms with van der Waals surface area (Å²) in [4.78, 5) is 20.6. The molecule has 312 valence electrons. The molecule has 0 aliphatic heterocycles. The van der Waals surface area contributed by atoms with Crippen LogP contribution in [0.25, 0.3) is 11.1 Å². The zero-order chi connectivity index (χ0) is 43.5. The molecule has 0 spiro atoms. The molecule has 0 radical (unpaired) electrons. The zero-order valence-electron chi connectivity index (χ0n) is 37.4. The highest BCUT2D eigenvalue weighted by molar-refractivity contribution is 5.67. The monoisotopic (exact) mass is 790 g/mol. The van der Waals surface area contributed by atoms with Crippen LogP contribution in [0.4, 0.5) is 4.79 Å². The summed E-state index contributed by atoms with van der Waals surface area (Å²) in [7, 11) is 3.05. The predicted octanol–water partition coefficient (Wildman–Crippen LogP) is 12.9. The van der Waals surface area contributed by atoms with Crippen molar-refractivity contribution in [1.29, 1.82) is 0 Å². The van der Waals surface area contributed by atoms with Gasteiger partial charge in [-0.2, -0.15) is 0 Å². The normalized spacial score (nSPS) is 10.7. The maximum Gasteiger partial charge on any atom is 0.513 e. The third-order valence-corrected chi connectivity index (χ3v) is 10.1. The molecule has 0 saturated heterocycles. The van der Waals surface area contributed by atoms with E-state index >= 15 is 0 Å². The van der Waals surface area contributed by atoms with Gasteiger partial charge in [-0.1, -0.05) is 143 Å². The molecule has 7 nitrogen and oxygen atoms in total. The van der Waals surface area contributed by atoms with Gasteiger partial charge in [-0.3, -0.25) is 4.79 Å². The topological polar surface area (TPSA) is 80.3 Å². The minimum atomic E-state index is -0.946. The minimum absolute atomic E-state index is 0.112. The molecule has 0 amide bonds. The summed E-state index contributed by atoms with van der Waals surface area (Å²) in [5.41, 5.74) is 15.2. The van der Waals surface area contributed by atoms with E-state index < -0.39 is 18.9 Å². The average Bonchev–Trinajstić information content (AvgIpc) is 3.19. The number of hydrogen-bond donors (Lipinski definition) is 0. The molecular formula is C51H66O7. The third kappa shape index (κ3) is 16.2. The fourth-order valence-corrected chi connectivity index (χ4v) is 5.66. The van der Waals surface area contributed by atoms with Crippen LogP contribution in [0.3, 0.4) is 0 Å². The lowest BCUT2D eigenvalue weighted by Gasteiger charge is -2.30. The Hall–Kier alpha value is -5.40. The van der Waals surface area contributed by atoms with Gasteiger partial charge in [0.15, 0.2) is 6.79 Å². The molecule has 0 atom stereocenters. The van der Waals surface area contributed by atoms with Gasteiger partial charge in [-0.25, -0.2) is 4.79 Å². The maximum absolute atomic E-state index is 10.5. The van der Waals surface area contributed by atoms with Gasteiger partial charge in [0, 0.05) is 19.4 Å². The van der Waals surface area contributed by atoms with Gasteiger partial charge in [0.2, 0.25) is 6.79 Å². The number of carbonyl (C=O) groups excluding carboxylic acids is 2. The van der Waals surface area contributed by atoms with Crippen molar-refractivity contribution in [3.8, 4) is 16.9 Å². The number of ether oxygens (including phenoxy) is 5. The highest BCUT2D eigenvalue weighted by Crippen LogP contribution is 2.35. The van der Waals surface area contributed by atoms with E-state index in [1.54, 1.807) is 7.11 Å². The lowest BCUT2D eigenvalue weighted by Crippen LogP contribution is -2.22. The van der Waals surface area contributed by atoms with Crippen LogP contribution in [0, 0.1) is 41.5 Å². The molecule has 0 N–H and O–H groups in total. The first-order valence-electron chi connectivity index (χ1n) is 19.7. The Balaban J connectivity index is 0.000000271. The van der Waals surface area contributed by atoms with Crippen molar-refractivity contribution in [2.75, 3.05) is 27.8 Å². The molecule has 58 heavy (non-hydrogen) atoms. The van der Waals surface area contributed by atoms with E-state index in [9.17, 15) is 9.59 Å². The Labute approximate surface area is 348 Å². The fraction of sp³-hybridized carbons (Fsp3) is 0.373. The average molecular weight is 791 g/mol. The number of carbonyl (C=O) groups is 2. The second kappa shape index (κ2) is 23.7. The van der Waals surface area contributed by atoms with Crippen molar-refractivity contribution >= 4 is 12.1 Å². The van der Waals surface area contributed by atoms with Crippen LogP contribution in [0.1, 0.15) is 98.0 Å². The van der Waals surface area contributed by atoms with Gasteiger partial charge in [0.05, 0.1) is 7.11 Å². The van der Waals surface area contributed by atoms with Crippen molar-refractivity contribution in [3.05, 3.63) is 159 Å². The van der Waals surface area contributed by atoms with Crippen molar-refractivity contribution < 1.29 is 33.3 Å². The number of rotatable bonds is 9. The van der Waals surface area contributed by atoms with E-state index in [1.165, 1.54) is 75.2 Å². The summed E-state index contributed by atoms with van der Waals surface area (Å²) in [6.45, 7) is 24.7. The van der Waals surface area contributed by atoms with E-state index in [1.807, 2.05) is 12.1 Å². The molecule has 0 heterocycles. The van der Waals surface area contributed by atoms with Crippen molar-refractivity contribution in [3.63, 3.8) is 0 Å². The smallest absolute Gasteiger partial charge is 0.497 e. The standard InChI is InChI=1S/C18H22.C16H18.C11H16O.C6H10O6/c1-5-18(4,16-10-6-14(2)7-11-16)17-12-8-15(3)9-13-17;1-11-5-7-15(9-13(11)3)16-8-6-12(2)14(4)10-16;1-11(2,3)9-5-7-10(12-4)8-6-9;1-5(7)10-4-12-6(8)11-3-9-2/h6-13H,5H2,1-4H3;5-10H,1-4H3;5-8H,1-4H3;3-4H2,1-2H3. The molecule has 0 fully saturated rings. The number of esters is 1. The Kier molecular flexibility index (Phi) is 20.0. The lowest BCUT2D eigenvalue weighted by atomic mass is 9.74. The van der Waals surface area contributed by atoms with Crippen LogP contribution < -0.4 is 4.74 Å².